The van der Waals surface area contributed by atoms with Gasteiger partial charge in [-0.15, -0.1) is 0 Å². The lowest BCUT2D eigenvalue weighted by molar-refractivity contribution is -0.123. The minimum atomic E-state index is -0.122. The van der Waals surface area contributed by atoms with Crippen LogP contribution in [0.5, 0.6) is 5.75 Å². The topological polar surface area (TPSA) is 56.1 Å². The summed E-state index contributed by atoms with van der Waals surface area (Å²) in [5.41, 5.74) is 4.20. The molecule has 0 unspecified atom stereocenters. The van der Waals surface area contributed by atoms with Crippen LogP contribution in [-0.2, 0) is 11.3 Å². The van der Waals surface area contributed by atoms with Crippen LogP contribution in [0.25, 0.3) is 11.0 Å². The summed E-state index contributed by atoms with van der Waals surface area (Å²) in [6, 6.07) is 14.0. The number of hydrogen-bond donors (Lipinski definition) is 1. The summed E-state index contributed by atoms with van der Waals surface area (Å²) >= 11 is 0. The number of carbonyl (C=O) groups is 1. The van der Waals surface area contributed by atoms with Crippen molar-refractivity contribution in [1.29, 1.82) is 0 Å². The molecule has 0 fully saturated rings. The first-order chi connectivity index (χ1) is 12.0. The van der Waals surface area contributed by atoms with Gasteiger partial charge in [0.2, 0.25) is 0 Å². The first-order valence-corrected chi connectivity index (χ1v) is 8.43. The third kappa shape index (κ3) is 3.99. The fourth-order valence-corrected chi connectivity index (χ4v) is 2.84. The van der Waals surface area contributed by atoms with Gasteiger partial charge in [0.15, 0.2) is 6.61 Å². The average Bonchev–Trinajstić information content (AvgIpc) is 2.91. The van der Waals surface area contributed by atoms with Gasteiger partial charge in [-0.2, -0.15) is 0 Å². The van der Waals surface area contributed by atoms with E-state index >= 15 is 0 Å². The van der Waals surface area contributed by atoms with Gasteiger partial charge >= 0.3 is 0 Å². The van der Waals surface area contributed by atoms with Crippen molar-refractivity contribution in [2.24, 2.45) is 0 Å². The summed E-state index contributed by atoms with van der Waals surface area (Å²) < 4.78 is 7.74. The van der Waals surface area contributed by atoms with E-state index in [1.807, 2.05) is 63.2 Å². The van der Waals surface area contributed by atoms with Crippen molar-refractivity contribution in [3.63, 3.8) is 0 Å². The van der Waals surface area contributed by atoms with Gasteiger partial charge in [0.1, 0.15) is 11.6 Å². The molecule has 0 bridgehead atoms. The summed E-state index contributed by atoms with van der Waals surface area (Å²) in [6.45, 7) is 7.20. The average molecular weight is 337 g/mol. The molecule has 0 aliphatic heterocycles. The van der Waals surface area contributed by atoms with Gasteiger partial charge in [0.25, 0.3) is 5.91 Å². The molecule has 0 spiro atoms. The van der Waals surface area contributed by atoms with Gasteiger partial charge in [-0.3, -0.25) is 4.79 Å². The van der Waals surface area contributed by atoms with E-state index in [0.717, 1.165) is 33.7 Å². The number of amides is 1. The maximum atomic E-state index is 12.0. The molecular formula is C20H23N3O2. The van der Waals surface area contributed by atoms with Crippen LogP contribution in [0.4, 0.5) is 0 Å². The standard InChI is InChI=1S/C20H23N3O2/c1-14-8-9-15(2)19(12-14)25-13-20(24)21-10-11-23-16(3)22-17-6-4-5-7-18(17)23/h4-9,12H,10-11,13H2,1-3H3,(H,21,24). The van der Waals surface area contributed by atoms with E-state index in [0.29, 0.717) is 13.1 Å². The minimum Gasteiger partial charge on any atom is -0.483 e. The highest BCUT2D eigenvalue weighted by Crippen LogP contribution is 2.19. The molecule has 5 nitrogen and oxygen atoms in total. The van der Waals surface area contributed by atoms with Crippen molar-refractivity contribution in [1.82, 2.24) is 14.9 Å². The Morgan fingerprint density at radius 2 is 1.96 bits per heavy atom. The largest absolute Gasteiger partial charge is 0.483 e. The summed E-state index contributed by atoms with van der Waals surface area (Å²) in [5, 5.41) is 2.90. The molecule has 130 valence electrons. The normalized spacial score (nSPS) is 10.8. The van der Waals surface area contributed by atoms with E-state index in [1.165, 1.54) is 0 Å². The van der Waals surface area contributed by atoms with Crippen LogP contribution in [-0.4, -0.2) is 28.6 Å². The summed E-state index contributed by atoms with van der Waals surface area (Å²) in [7, 11) is 0. The Kier molecular flexibility index (Phi) is 5.03. The molecular weight excluding hydrogens is 314 g/mol. The molecule has 0 saturated heterocycles. The lowest BCUT2D eigenvalue weighted by Crippen LogP contribution is -2.31. The molecule has 0 aliphatic carbocycles. The van der Waals surface area contributed by atoms with Crippen LogP contribution >= 0.6 is 0 Å². The molecule has 3 aromatic rings. The number of aryl methyl sites for hydroxylation is 3. The van der Waals surface area contributed by atoms with Gasteiger partial charge in [-0.05, 0) is 50.1 Å². The smallest absolute Gasteiger partial charge is 0.258 e. The Labute approximate surface area is 147 Å². The number of benzene rings is 2. The minimum absolute atomic E-state index is 0.0218. The van der Waals surface area contributed by atoms with E-state index in [-0.39, 0.29) is 12.5 Å². The second kappa shape index (κ2) is 7.38. The van der Waals surface area contributed by atoms with Gasteiger partial charge in [0.05, 0.1) is 11.0 Å². The third-order valence-electron chi connectivity index (χ3n) is 4.21. The number of carbonyl (C=O) groups excluding carboxylic acids is 1. The van der Waals surface area contributed by atoms with Crippen molar-refractivity contribution in [3.8, 4) is 5.75 Å². The van der Waals surface area contributed by atoms with Crippen LogP contribution in [0.15, 0.2) is 42.5 Å². The Morgan fingerprint density at radius 3 is 2.80 bits per heavy atom. The van der Waals surface area contributed by atoms with Crippen molar-refractivity contribution < 1.29 is 9.53 Å². The van der Waals surface area contributed by atoms with E-state index in [4.69, 9.17) is 4.74 Å². The Balaban J connectivity index is 1.52. The van der Waals surface area contributed by atoms with Crippen molar-refractivity contribution in [2.45, 2.75) is 27.3 Å². The lowest BCUT2D eigenvalue weighted by atomic mass is 10.1. The van der Waals surface area contributed by atoms with Gasteiger partial charge in [-0.25, -0.2) is 4.98 Å². The molecule has 1 aromatic heterocycles. The maximum Gasteiger partial charge on any atom is 0.258 e. The molecule has 25 heavy (non-hydrogen) atoms. The number of hydrogen-bond acceptors (Lipinski definition) is 3. The highest BCUT2D eigenvalue weighted by atomic mass is 16.5. The van der Waals surface area contributed by atoms with Crippen molar-refractivity contribution in [2.75, 3.05) is 13.2 Å². The predicted molar refractivity (Wildman–Crippen MR) is 98.9 cm³/mol. The number of aromatic nitrogens is 2. The maximum absolute atomic E-state index is 12.0. The zero-order valence-electron chi connectivity index (χ0n) is 14.9. The summed E-state index contributed by atoms with van der Waals surface area (Å²) in [6.07, 6.45) is 0. The number of ether oxygens (including phenoxy) is 1. The summed E-state index contributed by atoms with van der Waals surface area (Å²) in [4.78, 5) is 16.6. The van der Waals surface area contributed by atoms with Crippen LogP contribution in [0.1, 0.15) is 17.0 Å². The summed E-state index contributed by atoms with van der Waals surface area (Å²) in [5.74, 6) is 1.58. The highest BCUT2D eigenvalue weighted by Gasteiger charge is 2.08. The predicted octanol–water partition coefficient (Wildman–Crippen LogP) is 3.16. The van der Waals surface area contributed by atoms with E-state index in [2.05, 4.69) is 14.9 Å². The zero-order valence-corrected chi connectivity index (χ0v) is 14.9. The first-order valence-electron chi connectivity index (χ1n) is 8.43. The zero-order chi connectivity index (χ0) is 17.8. The Morgan fingerprint density at radius 1 is 1.16 bits per heavy atom. The Bertz CT molecular complexity index is 899. The molecule has 0 aliphatic rings. The van der Waals surface area contributed by atoms with Gasteiger partial charge in [0, 0.05) is 13.1 Å². The molecule has 5 heteroatoms. The number of rotatable bonds is 6. The molecule has 3 rings (SSSR count). The van der Waals surface area contributed by atoms with E-state index in [9.17, 15) is 4.79 Å². The molecule has 1 amide bonds. The quantitative estimate of drug-likeness (QED) is 0.752. The monoisotopic (exact) mass is 337 g/mol. The number of fused-ring (bicyclic) bond motifs is 1. The molecule has 1 heterocycles. The molecule has 0 saturated carbocycles. The van der Waals surface area contributed by atoms with Crippen LogP contribution in [0, 0.1) is 20.8 Å². The van der Waals surface area contributed by atoms with Gasteiger partial charge < -0.3 is 14.6 Å². The highest BCUT2D eigenvalue weighted by molar-refractivity contribution is 5.78. The third-order valence-corrected chi connectivity index (χ3v) is 4.21. The second-order valence-electron chi connectivity index (χ2n) is 6.21. The first kappa shape index (κ1) is 17.0. The van der Waals surface area contributed by atoms with E-state index in [1.54, 1.807) is 0 Å². The van der Waals surface area contributed by atoms with Crippen molar-refractivity contribution in [3.05, 3.63) is 59.4 Å². The fraction of sp³-hybridized carbons (Fsp3) is 0.300. The molecule has 0 radical (unpaired) electrons. The lowest BCUT2D eigenvalue weighted by Gasteiger charge is -2.11. The number of nitrogens with one attached hydrogen (secondary N) is 1. The SMILES string of the molecule is Cc1ccc(C)c(OCC(=O)NCCn2c(C)nc3ccccc32)c1. The number of nitrogens with zero attached hydrogens (tertiary/aromatic N) is 2. The number of para-hydroxylation sites is 2. The van der Waals surface area contributed by atoms with Crippen LogP contribution in [0.2, 0.25) is 0 Å². The number of imidazole rings is 1. The Hall–Kier alpha value is -2.82. The van der Waals surface area contributed by atoms with Crippen molar-refractivity contribution >= 4 is 16.9 Å². The van der Waals surface area contributed by atoms with Gasteiger partial charge in [-0.1, -0.05) is 24.3 Å². The van der Waals surface area contributed by atoms with Crippen LogP contribution in [0.3, 0.4) is 0 Å². The second-order valence-corrected chi connectivity index (χ2v) is 6.21. The van der Waals surface area contributed by atoms with E-state index < -0.39 is 0 Å². The molecule has 0 atom stereocenters. The van der Waals surface area contributed by atoms with Crippen LogP contribution < -0.4 is 10.1 Å². The fourth-order valence-electron chi connectivity index (χ4n) is 2.84. The molecule has 1 N–H and O–H groups in total. The molecule has 2 aromatic carbocycles.